The lowest BCUT2D eigenvalue weighted by molar-refractivity contribution is -0.139. The van der Waals surface area contributed by atoms with Gasteiger partial charge in [-0.1, -0.05) is 38.1 Å². The highest BCUT2D eigenvalue weighted by atomic mass is 19.1. The van der Waals surface area contributed by atoms with E-state index in [0.717, 1.165) is 0 Å². The number of aliphatic carboxylic acids is 1. The van der Waals surface area contributed by atoms with Crippen LogP contribution in [0.15, 0.2) is 60.7 Å². The molecule has 2 unspecified atom stereocenters. The lowest BCUT2D eigenvalue weighted by atomic mass is 9.98. The van der Waals surface area contributed by atoms with Crippen molar-refractivity contribution in [2.24, 2.45) is 0 Å². The summed E-state index contributed by atoms with van der Waals surface area (Å²) in [6.45, 7) is 3.80. The van der Waals surface area contributed by atoms with Gasteiger partial charge < -0.3 is 20.6 Å². The van der Waals surface area contributed by atoms with E-state index in [-0.39, 0.29) is 18.0 Å². The zero-order chi connectivity index (χ0) is 25.5. The van der Waals surface area contributed by atoms with E-state index < -0.39 is 36.3 Å². The fourth-order valence-electron chi connectivity index (χ4n) is 3.68. The molecule has 3 aromatic rings. The molecule has 3 rings (SSSR count). The molecule has 0 saturated heterocycles. The smallest absolute Gasteiger partial charge is 0.305 e. The molecule has 9 heteroatoms. The first-order valence-corrected chi connectivity index (χ1v) is 11.2. The van der Waals surface area contributed by atoms with Crippen molar-refractivity contribution in [1.82, 2.24) is 9.78 Å². The number of hydrogen-bond acceptors (Lipinski definition) is 5. The van der Waals surface area contributed by atoms with Crippen molar-refractivity contribution in [3.05, 3.63) is 83.4 Å². The topological polar surface area (TPSA) is 125 Å². The first-order valence-electron chi connectivity index (χ1n) is 11.2. The number of carboxylic acids is 1. The van der Waals surface area contributed by atoms with Gasteiger partial charge in [-0.25, -0.2) is 9.07 Å². The van der Waals surface area contributed by atoms with Crippen LogP contribution in [0.1, 0.15) is 54.4 Å². The summed E-state index contributed by atoms with van der Waals surface area (Å²) in [6, 6.07) is 14.5. The van der Waals surface area contributed by atoms with Gasteiger partial charge in [0.15, 0.2) is 5.69 Å². The average molecular weight is 482 g/mol. The van der Waals surface area contributed by atoms with Crippen LogP contribution in [0, 0.1) is 5.82 Å². The SMILES string of the molecule is CC(C)c1c(C(=O)Nc2ccccc2)nn(-c2ccc(F)cc2)c1C=CC(O)CC(O)CC(=O)O. The normalized spacial score (nSPS) is 13.2. The van der Waals surface area contributed by atoms with Crippen LogP contribution in [0.4, 0.5) is 10.1 Å². The number of hydrogen-bond donors (Lipinski definition) is 4. The Bertz CT molecular complexity index is 1190. The summed E-state index contributed by atoms with van der Waals surface area (Å²) in [5.41, 5.74) is 2.39. The summed E-state index contributed by atoms with van der Waals surface area (Å²) < 4.78 is 15.0. The zero-order valence-corrected chi connectivity index (χ0v) is 19.4. The molecule has 35 heavy (non-hydrogen) atoms. The fraction of sp³-hybridized carbons (Fsp3) is 0.269. The summed E-state index contributed by atoms with van der Waals surface area (Å²) in [6.07, 6.45) is -0.0325. The van der Waals surface area contributed by atoms with Gasteiger partial charge in [0.2, 0.25) is 0 Å². The van der Waals surface area contributed by atoms with Crippen LogP contribution in [-0.2, 0) is 4.79 Å². The van der Waals surface area contributed by atoms with E-state index in [9.17, 15) is 24.2 Å². The van der Waals surface area contributed by atoms with E-state index >= 15 is 0 Å². The minimum Gasteiger partial charge on any atom is -0.481 e. The summed E-state index contributed by atoms with van der Waals surface area (Å²) in [5.74, 6) is -2.16. The van der Waals surface area contributed by atoms with Crippen LogP contribution >= 0.6 is 0 Å². The Hall–Kier alpha value is -3.82. The van der Waals surface area contributed by atoms with Gasteiger partial charge in [0.25, 0.3) is 5.91 Å². The Labute approximate surface area is 202 Å². The van der Waals surface area contributed by atoms with E-state index in [0.29, 0.717) is 22.6 Å². The Morgan fingerprint density at radius 1 is 1.09 bits per heavy atom. The van der Waals surface area contributed by atoms with Crippen molar-refractivity contribution >= 4 is 23.6 Å². The summed E-state index contributed by atoms with van der Waals surface area (Å²) in [7, 11) is 0. The first-order chi connectivity index (χ1) is 16.7. The van der Waals surface area contributed by atoms with Gasteiger partial charge >= 0.3 is 5.97 Å². The first kappa shape index (κ1) is 25.8. The van der Waals surface area contributed by atoms with Crippen LogP contribution in [0.5, 0.6) is 0 Å². The van der Waals surface area contributed by atoms with Gasteiger partial charge in [0, 0.05) is 17.7 Å². The van der Waals surface area contributed by atoms with Gasteiger partial charge in [0.05, 0.1) is 30.0 Å². The molecule has 4 N–H and O–H groups in total. The molecular formula is C26H28FN3O5. The van der Waals surface area contributed by atoms with Crippen LogP contribution in [0.3, 0.4) is 0 Å². The molecule has 0 aliphatic carbocycles. The molecule has 184 valence electrons. The number of amides is 1. The number of anilines is 1. The highest BCUT2D eigenvalue weighted by Crippen LogP contribution is 2.28. The number of benzene rings is 2. The van der Waals surface area contributed by atoms with E-state index in [2.05, 4.69) is 10.4 Å². The number of carbonyl (C=O) groups is 2. The Morgan fingerprint density at radius 2 is 1.74 bits per heavy atom. The Kier molecular flexibility index (Phi) is 8.51. The van der Waals surface area contributed by atoms with E-state index in [4.69, 9.17) is 5.11 Å². The van der Waals surface area contributed by atoms with E-state index in [1.807, 2.05) is 19.9 Å². The summed E-state index contributed by atoms with van der Waals surface area (Å²) in [5, 5.41) is 36.3. The Morgan fingerprint density at radius 3 is 2.34 bits per heavy atom. The minimum atomic E-state index is -1.22. The lowest BCUT2D eigenvalue weighted by Gasteiger charge is -2.12. The van der Waals surface area contributed by atoms with Crippen molar-refractivity contribution < 1.29 is 29.3 Å². The maximum absolute atomic E-state index is 13.5. The molecule has 2 aromatic carbocycles. The number of carboxylic acid groups (broad SMARTS) is 1. The monoisotopic (exact) mass is 481 g/mol. The number of aliphatic hydroxyl groups is 2. The maximum Gasteiger partial charge on any atom is 0.305 e. The minimum absolute atomic E-state index is 0.143. The second-order valence-corrected chi connectivity index (χ2v) is 8.42. The predicted molar refractivity (Wildman–Crippen MR) is 130 cm³/mol. The number of nitrogens with one attached hydrogen (secondary N) is 1. The van der Waals surface area contributed by atoms with Crippen molar-refractivity contribution in [3.63, 3.8) is 0 Å². The second kappa shape index (κ2) is 11.5. The number of aromatic nitrogens is 2. The largest absolute Gasteiger partial charge is 0.481 e. The fourth-order valence-corrected chi connectivity index (χ4v) is 3.68. The quantitative estimate of drug-likeness (QED) is 0.347. The maximum atomic E-state index is 13.5. The third-order valence-electron chi connectivity index (χ3n) is 5.25. The van der Waals surface area contributed by atoms with Crippen molar-refractivity contribution in [2.75, 3.05) is 5.32 Å². The summed E-state index contributed by atoms with van der Waals surface area (Å²) >= 11 is 0. The Balaban J connectivity index is 2.02. The van der Waals surface area contributed by atoms with Crippen molar-refractivity contribution in [3.8, 4) is 5.69 Å². The van der Waals surface area contributed by atoms with Gasteiger partial charge in [-0.05, 0) is 48.4 Å². The third kappa shape index (κ3) is 6.84. The average Bonchev–Trinajstić information content (AvgIpc) is 3.18. The number of carbonyl (C=O) groups excluding carboxylic acids is 1. The molecule has 0 aliphatic rings. The van der Waals surface area contributed by atoms with Gasteiger partial charge in [-0.2, -0.15) is 5.10 Å². The molecule has 2 atom stereocenters. The summed E-state index contributed by atoms with van der Waals surface area (Å²) in [4.78, 5) is 23.9. The molecule has 0 radical (unpaired) electrons. The van der Waals surface area contributed by atoms with Crippen molar-refractivity contribution in [2.45, 2.75) is 44.8 Å². The van der Waals surface area contributed by atoms with E-state index in [1.165, 1.54) is 35.0 Å². The van der Waals surface area contributed by atoms with Crippen LogP contribution in [0.25, 0.3) is 11.8 Å². The molecule has 0 aliphatic heterocycles. The molecular weight excluding hydrogens is 453 g/mol. The predicted octanol–water partition coefficient (Wildman–Crippen LogP) is 3.99. The standard InChI is InChI=1S/C26H28FN3O5/c1-16(2)24-22(13-12-20(31)14-21(32)15-23(33)34)30(19-10-8-17(27)9-11-19)29-25(24)26(35)28-18-6-4-3-5-7-18/h3-13,16,20-21,31-32H,14-15H2,1-2H3,(H,28,35)(H,33,34). The molecule has 0 spiro atoms. The van der Waals surface area contributed by atoms with Crippen LogP contribution in [0.2, 0.25) is 0 Å². The van der Waals surface area contributed by atoms with Gasteiger partial charge in [-0.15, -0.1) is 0 Å². The highest BCUT2D eigenvalue weighted by Gasteiger charge is 2.25. The number of aliphatic hydroxyl groups excluding tert-OH is 2. The third-order valence-corrected chi connectivity index (χ3v) is 5.25. The second-order valence-electron chi connectivity index (χ2n) is 8.42. The van der Waals surface area contributed by atoms with Crippen molar-refractivity contribution in [1.29, 1.82) is 0 Å². The number of rotatable bonds is 10. The van der Waals surface area contributed by atoms with Crippen LogP contribution < -0.4 is 5.32 Å². The number of halogens is 1. The highest BCUT2D eigenvalue weighted by molar-refractivity contribution is 6.04. The lowest BCUT2D eigenvalue weighted by Crippen LogP contribution is -2.19. The zero-order valence-electron chi connectivity index (χ0n) is 19.4. The molecule has 1 aromatic heterocycles. The molecule has 0 saturated carbocycles. The number of para-hydroxylation sites is 1. The molecule has 1 heterocycles. The molecule has 0 bridgehead atoms. The van der Waals surface area contributed by atoms with Gasteiger partial charge in [0.1, 0.15) is 5.82 Å². The van der Waals surface area contributed by atoms with E-state index in [1.54, 1.807) is 30.3 Å². The molecule has 0 fully saturated rings. The molecule has 8 nitrogen and oxygen atoms in total. The van der Waals surface area contributed by atoms with Crippen LogP contribution in [-0.4, -0.2) is 49.2 Å². The molecule has 1 amide bonds. The van der Waals surface area contributed by atoms with Gasteiger partial charge in [-0.3, -0.25) is 9.59 Å². The number of nitrogens with zero attached hydrogens (tertiary/aromatic N) is 2.